The van der Waals surface area contributed by atoms with Crippen LogP contribution >= 0.6 is 0 Å². The van der Waals surface area contributed by atoms with E-state index in [1.807, 2.05) is 52.8 Å². The summed E-state index contributed by atoms with van der Waals surface area (Å²) >= 11 is 0. The number of carbonyl (C=O) groups is 1. The van der Waals surface area contributed by atoms with Gasteiger partial charge in [0.1, 0.15) is 0 Å². The Kier molecular flexibility index (Phi) is 5.44. The number of aryl methyl sites for hydroxylation is 3. The second-order valence-corrected chi connectivity index (χ2v) is 6.14. The Bertz CT molecular complexity index is 822. The number of H-pyrrole nitrogens is 1. The smallest absolute Gasteiger partial charge is 0.253 e. The molecule has 0 fully saturated rings. The van der Waals surface area contributed by atoms with Crippen molar-refractivity contribution in [3.8, 4) is 0 Å². The summed E-state index contributed by atoms with van der Waals surface area (Å²) in [6.45, 7) is 10.6. The van der Waals surface area contributed by atoms with Gasteiger partial charge >= 0.3 is 0 Å². The Labute approximate surface area is 142 Å². The zero-order valence-corrected chi connectivity index (χ0v) is 15.0. The van der Waals surface area contributed by atoms with Crippen LogP contribution in [0.3, 0.4) is 0 Å². The first-order valence-electron chi connectivity index (χ1n) is 8.16. The first kappa shape index (κ1) is 17.8. The van der Waals surface area contributed by atoms with Gasteiger partial charge in [-0.2, -0.15) is 0 Å². The van der Waals surface area contributed by atoms with Crippen molar-refractivity contribution in [1.82, 2.24) is 10.3 Å². The third-order valence-corrected chi connectivity index (χ3v) is 4.08. The normalized spacial score (nSPS) is 10.5. The van der Waals surface area contributed by atoms with Crippen LogP contribution in [0, 0.1) is 27.7 Å². The highest BCUT2D eigenvalue weighted by Crippen LogP contribution is 2.21. The molecule has 0 spiro atoms. The fourth-order valence-electron chi connectivity index (χ4n) is 2.83. The lowest BCUT2D eigenvalue weighted by Crippen LogP contribution is -2.28. The minimum atomic E-state index is -0.172. The van der Waals surface area contributed by atoms with Gasteiger partial charge in [-0.3, -0.25) is 9.59 Å². The Morgan fingerprint density at radius 2 is 1.83 bits per heavy atom. The summed E-state index contributed by atoms with van der Waals surface area (Å²) in [7, 11) is 0. The lowest BCUT2D eigenvalue weighted by atomic mass is 10.0. The molecule has 5 nitrogen and oxygen atoms in total. The molecule has 1 aromatic heterocycles. The first-order chi connectivity index (χ1) is 11.3. The molecule has 5 heteroatoms. The van der Waals surface area contributed by atoms with E-state index in [0.717, 1.165) is 34.6 Å². The van der Waals surface area contributed by atoms with Crippen LogP contribution in [0.1, 0.15) is 45.2 Å². The zero-order valence-electron chi connectivity index (χ0n) is 15.0. The van der Waals surface area contributed by atoms with Gasteiger partial charge in [0.15, 0.2) is 0 Å². The summed E-state index contributed by atoms with van der Waals surface area (Å²) in [6, 6.07) is 5.81. The maximum absolute atomic E-state index is 12.6. The Balaban J connectivity index is 2.24. The van der Waals surface area contributed by atoms with Crippen LogP contribution < -0.4 is 16.2 Å². The van der Waals surface area contributed by atoms with Crippen LogP contribution in [0.15, 0.2) is 23.0 Å². The molecule has 2 aromatic rings. The maximum atomic E-state index is 12.6. The second kappa shape index (κ2) is 7.34. The number of benzene rings is 1. The van der Waals surface area contributed by atoms with Crippen molar-refractivity contribution in [2.75, 3.05) is 11.9 Å². The summed E-state index contributed by atoms with van der Waals surface area (Å²) in [5, 5.41) is 6.14. The SMILES string of the molecule is CCNc1cc(C)cc(C(=O)NCc2c(C)cc(C)[nH]c2=O)c1C. The lowest BCUT2D eigenvalue weighted by Gasteiger charge is -2.14. The van der Waals surface area contributed by atoms with E-state index in [1.165, 1.54) is 0 Å². The van der Waals surface area contributed by atoms with Gasteiger partial charge in [0, 0.05) is 35.6 Å². The predicted octanol–water partition coefficient (Wildman–Crippen LogP) is 2.97. The molecular weight excluding hydrogens is 302 g/mol. The van der Waals surface area contributed by atoms with E-state index < -0.39 is 0 Å². The van der Waals surface area contributed by atoms with Crippen LogP contribution in [0.4, 0.5) is 5.69 Å². The summed E-state index contributed by atoms with van der Waals surface area (Å²) in [5.41, 5.74) is 5.66. The van der Waals surface area contributed by atoms with Crippen molar-refractivity contribution >= 4 is 11.6 Å². The number of hydrogen-bond acceptors (Lipinski definition) is 3. The Morgan fingerprint density at radius 1 is 1.12 bits per heavy atom. The molecule has 0 aliphatic carbocycles. The van der Waals surface area contributed by atoms with E-state index in [1.54, 1.807) is 0 Å². The van der Waals surface area contributed by atoms with E-state index in [2.05, 4.69) is 15.6 Å². The monoisotopic (exact) mass is 327 g/mol. The van der Waals surface area contributed by atoms with E-state index in [-0.39, 0.29) is 18.0 Å². The molecule has 0 saturated carbocycles. The number of amides is 1. The number of aromatic nitrogens is 1. The number of carbonyl (C=O) groups excluding carboxylic acids is 1. The van der Waals surface area contributed by atoms with Gasteiger partial charge in [0.25, 0.3) is 11.5 Å². The van der Waals surface area contributed by atoms with Crippen molar-refractivity contribution in [2.24, 2.45) is 0 Å². The highest BCUT2D eigenvalue weighted by molar-refractivity contribution is 5.97. The molecule has 0 saturated heterocycles. The van der Waals surface area contributed by atoms with Gasteiger partial charge in [-0.25, -0.2) is 0 Å². The molecule has 2 rings (SSSR count). The zero-order chi connectivity index (χ0) is 17.9. The van der Waals surface area contributed by atoms with Crippen LogP contribution in [0.5, 0.6) is 0 Å². The number of rotatable bonds is 5. The minimum absolute atomic E-state index is 0.151. The number of aromatic amines is 1. The molecule has 1 aromatic carbocycles. The molecule has 3 N–H and O–H groups in total. The van der Waals surface area contributed by atoms with E-state index in [0.29, 0.717) is 11.1 Å². The molecule has 0 radical (unpaired) electrons. The van der Waals surface area contributed by atoms with Crippen LogP contribution in [-0.4, -0.2) is 17.4 Å². The second-order valence-electron chi connectivity index (χ2n) is 6.14. The summed E-state index contributed by atoms with van der Waals surface area (Å²) < 4.78 is 0. The van der Waals surface area contributed by atoms with Crippen LogP contribution in [0.2, 0.25) is 0 Å². The number of hydrogen-bond donors (Lipinski definition) is 3. The van der Waals surface area contributed by atoms with Gasteiger partial charge in [0.05, 0.1) is 0 Å². The molecule has 0 aliphatic heterocycles. The fraction of sp³-hybridized carbons (Fsp3) is 0.368. The van der Waals surface area contributed by atoms with Crippen molar-refractivity contribution in [3.63, 3.8) is 0 Å². The highest BCUT2D eigenvalue weighted by Gasteiger charge is 2.14. The topological polar surface area (TPSA) is 74.0 Å². The molecule has 1 amide bonds. The molecule has 128 valence electrons. The number of pyridine rings is 1. The van der Waals surface area contributed by atoms with Crippen molar-refractivity contribution in [2.45, 2.75) is 41.2 Å². The van der Waals surface area contributed by atoms with E-state index in [4.69, 9.17) is 0 Å². The summed E-state index contributed by atoms with van der Waals surface area (Å²) in [5.74, 6) is -0.172. The third-order valence-electron chi connectivity index (χ3n) is 4.08. The molecule has 0 aliphatic rings. The molecular formula is C19H25N3O2. The predicted molar refractivity (Wildman–Crippen MR) is 97.8 cm³/mol. The van der Waals surface area contributed by atoms with E-state index in [9.17, 15) is 9.59 Å². The molecule has 0 atom stereocenters. The fourth-order valence-corrected chi connectivity index (χ4v) is 2.83. The third kappa shape index (κ3) is 3.85. The van der Waals surface area contributed by atoms with E-state index >= 15 is 0 Å². The number of nitrogens with one attached hydrogen (secondary N) is 3. The van der Waals surface area contributed by atoms with Crippen molar-refractivity contribution < 1.29 is 4.79 Å². The average molecular weight is 327 g/mol. The largest absolute Gasteiger partial charge is 0.385 e. The average Bonchev–Trinajstić information content (AvgIpc) is 2.49. The number of anilines is 1. The van der Waals surface area contributed by atoms with Crippen LogP contribution in [0.25, 0.3) is 0 Å². The van der Waals surface area contributed by atoms with Crippen LogP contribution in [-0.2, 0) is 6.54 Å². The Morgan fingerprint density at radius 3 is 2.46 bits per heavy atom. The molecule has 24 heavy (non-hydrogen) atoms. The summed E-state index contributed by atoms with van der Waals surface area (Å²) in [6.07, 6.45) is 0. The molecule has 0 unspecified atom stereocenters. The van der Waals surface area contributed by atoms with Gasteiger partial charge in [0.2, 0.25) is 0 Å². The molecule has 1 heterocycles. The standard InChI is InChI=1S/C19H25N3O2/c1-6-20-17-8-11(2)7-15(14(17)5)18(23)21-10-16-12(3)9-13(4)22-19(16)24/h7-9,20H,6,10H2,1-5H3,(H,21,23)(H,22,24). The minimum Gasteiger partial charge on any atom is -0.385 e. The Hall–Kier alpha value is -2.56. The van der Waals surface area contributed by atoms with Crippen molar-refractivity contribution in [1.29, 1.82) is 0 Å². The lowest BCUT2D eigenvalue weighted by molar-refractivity contribution is 0.0950. The van der Waals surface area contributed by atoms with Gasteiger partial charge in [-0.15, -0.1) is 0 Å². The quantitative estimate of drug-likeness (QED) is 0.790. The van der Waals surface area contributed by atoms with Gasteiger partial charge in [-0.1, -0.05) is 0 Å². The highest BCUT2D eigenvalue weighted by atomic mass is 16.1. The molecule has 0 bridgehead atoms. The maximum Gasteiger partial charge on any atom is 0.253 e. The van der Waals surface area contributed by atoms with Crippen molar-refractivity contribution in [3.05, 3.63) is 62.1 Å². The van der Waals surface area contributed by atoms with Gasteiger partial charge < -0.3 is 15.6 Å². The first-order valence-corrected chi connectivity index (χ1v) is 8.16. The van der Waals surface area contributed by atoms with Gasteiger partial charge in [-0.05, 0) is 69.5 Å². The summed E-state index contributed by atoms with van der Waals surface area (Å²) in [4.78, 5) is 27.4.